The average Bonchev–Trinajstić information content (AvgIpc) is 2.67. The zero-order valence-corrected chi connectivity index (χ0v) is 15.3. The maximum Gasteiger partial charge on any atom is 0.244 e. The summed E-state index contributed by atoms with van der Waals surface area (Å²) in [7, 11) is 1.60. The van der Waals surface area contributed by atoms with Gasteiger partial charge in [-0.2, -0.15) is 0 Å². The molecule has 2 rings (SSSR count). The van der Waals surface area contributed by atoms with Crippen LogP contribution in [-0.2, 0) is 4.79 Å². The molecule has 0 aliphatic carbocycles. The fourth-order valence-electron chi connectivity index (χ4n) is 2.38. The van der Waals surface area contributed by atoms with E-state index in [1.165, 1.54) is 6.08 Å². The number of nitrogens with one attached hydrogen (secondary N) is 2. The van der Waals surface area contributed by atoms with E-state index in [2.05, 4.69) is 10.6 Å². The predicted molar refractivity (Wildman–Crippen MR) is 106 cm³/mol. The molecule has 0 radical (unpaired) electrons. The topological polar surface area (TPSA) is 59.6 Å². The lowest BCUT2D eigenvalue weighted by molar-refractivity contribution is -0.116. The lowest BCUT2D eigenvalue weighted by Gasteiger charge is -2.09. The fraction of sp³-hybridized carbons (Fsp3) is 0.286. The number of rotatable bonds is 10. The first-order valence-corrected chi connectivity index (χ1v) is 8.78. The Morgan fingerprint density at radius 1 is 1.08 bits per heavy atom. The summed E-state index contributed by atoms with van der Waals surface area (Å²) in [5.41, 5.74) is 1.97. The molecule has 138 valence electrons. The van der Waals surface area contributed by atoms with Gasteiger partial charge in [0.15, 0.2) is 11.5 Å². The van der Waals surface area contributed by atoms with Crippen LogP contribution in [0, 0.1) is 0 Å². The van der Waals surface area contributed by atoms with E-state index < -0.39 is 0 Å². The maximum atomic E-state index is 11.9. The zero-order valence-electron chi connectivity index (χ0n) is 15.3. The number of methoxy groups -OCH3 is 1. The largest absolute Gasteiger partial charge is 0.493 e. The molecule has 0 atom stereocenters. The zero-order chi connectivity index (χ0) is 18.6. The Morgan fingerprint density at radius 2 is 1.88 bits per heavy atom. The Bertz CT molecular complexity index is 714. The highest BCUT2D eigenvalue weighted by Gasteiger charge is 2.04. The molecule has 2 N–H and O–H groups in total. The molecule has 26 heavy (non-hydrogen) atoms. The normalized spacial score (nSPS) is 10.5. The van der Waals surface area contributed by atoms with Gasteiger partial charge in [0, 0.05) is 24.9 Å². The summed E-state index contributed by atoms with van der Waals surface area (Å²) in [4.78, 5) is 11.9. The van der Waals surface area contributed by atoms with Gasteiger partial charge in [-0.1, -0.05) is 24.3 Å². The van der Waals surface area contributed by atoms with Gasteiger partial charge in [0.05, 0.1) is 13.7 Å². The molecule has 0 saturated heterocycles. The average molecular weight is 354 g/mol. The van der Waals surface area contributed by atoms with Gasteiger partial charge in [-0.3, -0.25) is 4.79 Å². The third kappa shape index (κ3) is 6.51. The number of carbonyl (C=O) groups is 1. The molecule has 5 heteroatoms. The van der Waals surface area contributed by atoms with E-state index >= 15 is 0 Å². The van der Waals surface area contributed by atoms with Crippen LogP contribution in [0.2, 0.25) is 0 Å². The number of amides is 1. The number of anilines is 1. The van der Waals surface area contributed by atoms with Gasteiger partial charge in [-0.15, -0.1) is 0 Å². The molecule has 0 unspecified atom stereocenters. The maximum absolute atomic E-state index is 11.9. The van der Waals surface area contributed by atoms with Crippen LogP contribution in [0.15, 0.2) is 54.6 Å². The monoisotopic (exact) mass is 354 g/mol. The lowest BCUT2D eigenvalue weighted by Crippen LogP contribution is -2.23. The van der Waals surface area contributed by atoms with Crippen LogP contribution in [0.1, 0.15) is 18.9 Å². The van der Waals surface area contributed by atoms with Crippen molar-refractivity contribution in [1.82, 2.24) is 5.32 Å². The van der Waals surface area contributed by atoms with Crippen molar-refractivity contribution in [2.45, 2.75) is 13.3 Å². The first-order valence-electron chi connectivity index (χ1n) is 8.78. The summed E-state index contributed by atoms with van der Waals surface area (Å²) in [6.07, 6.45) is 4.15. The lowest BCUT2D eigenvalue weighted by atomic mass is 10.2. The van der Waals surface area contributed by atoms with Crippen LogP contribution < -0.4 is 20.1 Å². The molecule has 0 aliphatic rings. The van der Waals surface area contributed by atoms with Crippen molar-refractivity contribution in [2.75, 3.05) is 32.1 Å². The van der Waals surface area contributed by atoms with Crippen molar-refractivity contribution in [3.05, 3.63) is 60.2 Å². The second kappa shape index (κ2) is 10.8. The Balaban J connectivity index is 1.74. The van der Waals surface area contributed by atoms with Crippen LogP contribution in [-0.4, -0.2) is 32.7 Å². The van der Waals surface area contributed by atoms with E-state index in [9.17, 15) is 4.79 Å². The molecular formula is C21H26N2O3. The van der Waals surface area contributed by atoms with Crippen molar-refractivity contribution >= 4 is 17.7 Å². The highest BCUT2D eigenvalue weighted by molar-refractivity contribution is 5.91. The second-order valence-electron chi connectivity index (χ2n) is 5.61. The van der Waals surface area contributed by atoms with Crippen LogP contribution in [0.25, 0.3) is 6.08 Å². The summed E-state index contributed by atoms with van der Waals surface area (Å²) >= 11 is 0. The van der Waals surface area contributed by atoms with Gasteiger partial charge in [0.2, 0.25) is 5.91 Å². The molecule has 0 aliphatic heterocycles. The second-order valence-corrected chi connectivity index (χ2v) is 5.61. The minimum absolute atomic E-state index is 0.113. The van der Waals surface area contributed by atoms with Crippen LogP contribution in [0.3, 0.4) is 0 Å². The summed E-state index contributed by atoms with van der Waals surface area (Å²) in [5, 5.41) is 6.19. The van der Waals surface area contributed by atoms with Crippen molar-refractivity contribution in [1.29, 1.82) is 0 Å². The third-order valence-electron chi connectivity index (χ3n) is 3.67. The molecule has 0 fully saturated rings. The van der Waals surface area contributed by atoms with Gasteiger partial charge >= 0.3 is 0 Å². The van der Waals surface area contributed by atoms with E-state index in [1.807, 2.05) is 55.5 Å². The number of benzene rings is 2. The van der Waals surface area contributed by atoms with Crippen molar-refractivity contribution in [3.8, 4) is 11.5 Å². The smallest absolute Gasteiger partial charge is 0.244 e. The fourth-order valence-corrected chi connectivity index (χ4v) is 2.38. The Morgan fingerprint density at radius 3 is 2.62 bits per heavy atom. The minimum Gasteiger partial charge on any atom is -0.493 e. The van der Waals surface area contributed by atoms with E-state index in [0.29, 0.717) is 24.7 Å². The molecule has 0 aromatic heterocycles. The summed E-state index contributed by atoms with van der Waals surface area (Å²) < 4.78 is 10.8. The number of hydrogen-bond donors (Lipinski definition) is 2. The van der Waals surface area contributed by atoms with E-state index in [0.717, 1.165) is 24.2 Å². The molecule has 1 amide bonds. The first-order chi connectivity index (χ1) is 12.7. The predicted octanol–water partition coefficient (Wildman–Crippen LogP) is 3.73. The first kappa shape index (κ1) is 19.4. The number of para-hydroxylation sites is 1. The third-order valence-corrected chi connectivity index (χ3v) is 3.67. The molecule has 0 spiro atoms. The molecule has 2 aromatic carbocycles. The minimum atomic E-state index is -0.113. The highest BCUT2D eigenvalue weighted by Crippen LogP contribution is 2.28. The molecule has 0 saturated carbocycles. The molecule has 0 heterocycles. The highest BCUT2D eigenvalue weighted by atomic mass is 16.5. The standard InChI is InChI=1S/C21H26N2O3/c1-3-26-20-16-17(10-12-19(20)25-2)11-13-21(24)23-15-7-14-22-18-8-5-4-6-9-18/h4-6,8-13,16,22H,3,7,14-15H2,1-2H3,(H,23,24). The van der Waals surface area contributed by atoms with E-state index in [4.69, 9.17) is 9.47 Å². The van der Waals surface area contributed by atoms with Crippen molar-refractivity contribution in [2.24, 2.45) is 0 Å². The Hall–Kier alpha value is -2.95. The molecular weight excluding hydrogens is 328 g/mol. The quantitative estimate of drug-likeness (QED) is 0.504. The number of carbonyl (C=O) groups excluding carboxylic acids is 1. The van der Waals surface area contributed by atoms with Gasteiger partial charge in [0.1, 0.15) is 0 Å². The van der Waals surface area contributed by atoms with Gasteiger partial charge in [-0.25, -0.2) is 0 Å². The van der Waals surface area contributed by atoms with Crippen LogP contribution in [0.5, 0.6) is 11.5 Å². The summed E-state index contributed by atoms with van der Waals surface area (Å²) in [6, 6.07) is 15.6. The number of hydrogen-bond acceptors (Lipinski definition) is 4. The van der Waals surface area contributed by atoms with Gasteiger partial charge < -0.3 is 20.1 Å². The molecule has 0 bridgehead atoms. The summed E-state index contributed by atoms with van der Waals surface area (Å²) in [6.45, 7) is 3.91. The van der Waals surface area contributed by atoms with E-state index in [1.54, 1.807) is 13.2 Å². The summed E-state index contributed by atoms with van der Waals surface area (Å²) in [5.74, 6) is 1.24. The SMILES string of the molecule is CCOc1cc(C=CC(=O)NCCCNc2ccccc2)ccc1OC. The Labute approximate surface area is 155 Å². The Kier molecular flexibility index (Phi) is 8.06. The van der Waals surface area contributed by atoms with Crippen LogP contribution >= 0.6 is 0 Å². The van der Waals surface area contributed by atoms with Gasteiger partial charge in [-0.05, 0) is 49.2 Å². The van der Waals surface area contributed by atoms with Gasteiger partial charge in [0.25, 0.3) is 0 Å². The molecule has 5 nitrogen and oxygen atoms in total. The van der Waals surface area contributed by atoms with Crippen molar-refractivity contribution in [3.63, 3.8) is 0 Å². The number of ether oxygens (including phenoxy) is 2. The van der Waals surface area contributed by atoms with Crippen molar-refractivity contribution < 1.29 is 14.3 Å². The molecule has 2 aromatic rings. The van der Waals surface area contributed by atoms with Crippen LogP contribution in [0.4, 0.5) is 5.69 Å². The van der Waals surface area contributed by atoms with E-state index in [-0.39, 0.29) is 5.91 Å².